The summed E-state index contributed by atoms with van der Waals surface area (Å²) < 4.78 is 25.7. The SMILES string of the molecule is CCOCC1(COCC)CCC(c2nn(C3CCCCO3)cc2CN2CCC(N(C)C(=O)OC(C)(C)C)CC2)CC1. The lowest BCUT2D eigenvalue weighted by atomic mass is 9.70. The maximum Gasteiger partial charge on any atom is 0.410 e. The fourth-order valence-electron chi connectivity index (χ4n) is 6.65. The first kappa shape index (κ1) is 32.2. The number of hydrogen-bond donors (Lipinski definition) is 0. The molecule has 4 rings (SSSR count). The van der Waals surface area contributed by atoms with Crippen molar-refractivity contribution in [3.05, 3.63) is 17.5 Å². The molecule has 234 valence electrons. The van der Waals surface area contributed by atoms with E-state index in [1.807, 2.05) is 27.8 Å². The standard InChI is InChI=1S/C32H56N4O5/c1-7-38-23-32(24-39-8-2)16-12-25(13-17-32)29-26(22-36(33-29)28-11-9-10-20-40-28)21-35-18-14-27(15-19-35)34(6)30(37)41-31(3,4)5/h22,25,27-28H,7-21,23-24H2,1-6H3. The molecule has 2 saturated heterocycles. The summed E-state index contributed by atoms with van der Waals surface area (Å²) in [6.07, 6.45) is 11.8. The quantitative estimate of drug-likeness (QED) is 0.314. The van der Waals surface area contributed by atoms with Crippen LogP contribution in [-0.4, -0.2) is 90.5 Å². The van der Waals surface area contributed by atoms with Crippen molar-refractivity contribution in [2.45, 2.75) is 123 Å². The van der Waals surface area contributed by atoms with Gasteiger partial charge in [0.2, 0.25) is 0 Å². The Labute approximate surface area is 248 Å². The van der Waals surface area contributed by atoms with Crippen LogP contribution in [0.5, 0.6) is 0 Å². The smallest absolute Gasteiger partial charge is 0.410 e. The molecule has 3 heterocycles. The predicted molar refractivity (Wildman–Crippen MR) is 160 cm³/mol. The molecule has 1 saturated carbocycles. The van der Waals surface area contributed by atoms with E-state index in [-0.39, 0.29) is 23.8 Å². The monoisotopic (exact) mass is 576 g/mol. The van der Waals surface area contributed by atoms with E-state index >= 15 is 0 Å². The molecule has 1 atom stereocenters. The Kier molecular flexibility index (Phi) is 11.5. The minimum atomic E-state index is -0.477. The van der Waals surface area contributed by atoms with Gasteiger partial charge in [0.25, 0.3) is 0 Å². The van der Waals surface area contributed by atoms with Gasteiger partial charge >= 0.3 is 6.09 Å². The van der Waals surface area contributed by atoms with Gasteiger partial charge in [-0.3, -0.25) is 4.90 Å². The third-order valence-electron chi connectivity index (χ3n) is 9.13. The van der Waals surface area contributed by atoms with Crippen LogP contribution in [-0.2, 0) is 25.5 Å². The number of piperidine rings is 1. The lowest BCUT2D eigenvalue weighted by Crippen LogP contribution is -2.46. The van der Waals surface area contributed by atoms with Crippen molar-refractivity contribution in [1.82, 2.24) is 19.6 Å². The van der Waals surface area contributed by atoms with Crippen LogP contribution >= 0.6 is 0 Å². The normalized spacial score (nSPS) is 23.0. The van der Waals surface area contributed by atoms with Crippen molar-refractivity contribution in [2.75, 3.05) is 53.2 Å². The molecule has 0 spiro atoms. The minimum Gasteiger partial charge on any atom is -0.444 e. The van der Waals surface area contributed by atoms with Crippen LogP contribution in [0.4, 0.5) is 4.79 Å². The topological polar surface area (TPSA) is 78.3 Å². The molecule has 1 aromatic heterocycles. The van der Waals surface area contributed by atoms with Crippen molar-refractivity contribution in [2.24, 2.45) is 5.41 Å². The number of hydrogen-bond acceptors (Lipinski definition) is 7. The molecule has 0 N–H and O–H groups in total. The lowest BCUT2D eigenvalue weighted by molar-refractivity contribution is -0.0421. The molecule has 1 aliphatic carbocycles. The number of ether oxygens (including phenoxy) is 4. The van der Waals surface area contributed by atoms with Crippen LogP contribution in [0.15, 0.2) is 6.20 Å². The fraction of sp³-hybridized carbons (Fsp3) is 0.875. The Bertz CT molecular complexity index is 928. The van der Waals surface area contributed by atoms with Gasteiger partial charge in [-0.2, -0.15) is 5.10 Å². The first-order valence-corrected chi connectivity index (χ1v) is 16.2. The van der Waals surface area contributed by atoms with Crippen molar-refractivity contribution in [1.29, 1.82) is 0 Å². The van der Waals surface area contributed by atoms with E-state index in [0.717, 1.165) is 104 Å². The number of carbonyl (C=O) groups excluding carboxylic acids is 1. The third kappa shape index (κ3) is 8.91. The first-order chi connectivity index (χ1) is 19.6. The zero-order valence-electron chi connectivity index (χ0n) is 26.7. The summed E-state index contributed by atoms with van der Waals surface area (Å²) in [5.41, 5.74) is 2.23. The van der Waals surface area contributed by atoms with Crippen molar-refractivity contribution < 1.29 is 23.7 Å². The minimum absolute atomic E-state index is 0.0445. The summed E-state index contributed by atoms with van der Waals surface area (Å²) in [6, 6.07) is 0.209. The highest BCUT2D eigenvalue weighted by Gasteiger charge is 2.38. The van der Waals surface area contributed by atoms with E-state index in [0.29, 0.717) is 5.92 Å². The number of likely N-dealkylation sites (tertiary alicyclic amines) is 1. The molecule has 3 fully saturated rings. The van der Waals surface area contributed by atoms with E-state index in [2.05, 4.69) is 29.6 Å². The summed E-state index contributed by atoms with van der Waals surface area (Å²) in [5.74, 6) is 0.446. The molecule has 1 amide bonds. The Morgan fingerprint density at radius 2 is 1.71 bits per heavy atom. The molecule has 1 unspecified atom stereocenters. The van der Waals surface area contributed by atoms with Gasteiger partial charge in [0, 0.05) is 75.6 Å². The molecule has 0 aromatic carbocycles. The maximum atomic E-state index is 12.6. The molecule has 1 aromatic rings. The van der Waals surface area contributed by atoms with E-state index < -0.39 is 5.60 Å². The number of nitrogens with zero attached hydrogens (tertiary/aromatic N) is 4. The van der Waals surface area contributed by atoms with Gasteiger partial charge < -0.3 is 23.8 Å². The van der Waals surface area contributed by atoms with Crippen LogP contribution in [0.3, 0.4) is 0 Å². The number of carbonyl (C=O) groups is 1. The van der Waals surface area contributed by atoms with Gasteiger partial charge in [-0.1, -0.05) is 0 Å². The van der Waals surface area contributed by atoms with Gasteiger partial charge in [0.05, 0.1) is 18.9 Å². The highest BCUT2D eigenvalue weighted by Crippen LogP contribution is 2.44. The number of aromatic nitrogens is 2. The molecular formula is C32H56N4O5. The summed E-state index contributed by atoms with van der Waals surface area (Å²) in [4.78, 5) is 16.9. The fourth-order valence-corrected chi connectivity index (χ4v) is 6.65. The van der Waals surface area contributed by atoms with E-state index in [1.165, 1.54) is 17.7 Å². The second kappa shape index (κ2) is 14.7. The second-order valence-corrected chi connectivity index (χ2v) is 13.5. The summed E-state index contributed by atoms with van der Waals surface area (Å²) in [7, 11) is 1.88. The zero-order valence-corrected chi connectivity index (χ0v) is 26.7. The van der Waals surface area contributed by atoms with E-state index in [4.69, 9.17) is 24.0 Å². The van der Waals surface area contributed by atoms with Gasteiger partial charge in [0.1, 0.15) is 11.8 Å². The van der Waals surface area contributed by atoms with Crippen molar-refractivity contribution in [3.8, 4) is 0 Å². The largest absolute Gasteiger partial charge is 0.444 e. The molecule has 0 radical (unpaired) electrons. The third-order valence-corrected chi connectivity index (χ3v) is 9.13. The van der Waals surface area contributed by atoms with Crippen LogP contribution in [0.2, 0.25) is 0 Å². The van der Waals surface area contributed by atoms with E-state index in [1.54, 1.807) is 4.90 Å². The number of rotatable bonds is 11. The van der Waals surface area contributed by atoms with E-state index in [9.17, 15) is 4.79 Å². The maximum absolute atomic E-state index is 12.6. The molecule has 2 aliphatic heterocycles. The van der Waals surface area contributed by atoms with Crippen LogP contribution in [0, 0.1) is 5.41 Å². The summed E-state index contributed by atoms with van der Waals surface area (Å²) in [5, 5.41) is 5.23. The van der Waals surface area contributed by atoms with Crippen LogP contribution in [0.1, 0.15) is 116 Å². The van der Waals surface area contributed by atoms with Crippen molar-refractivity contribution >= 4 is 6.09 Å². The first-order valence-electron chi connectivity index (χ1n) is 16.2. The van der Waals surface area contributed by atoms with Gasteiger partial charge in [0.15, 0.2) is 0 Å². The number of amides is 1. The molecular weight excluding hydrogens is 520 g/mol. The Morgan fingerprint density at radius 1 is 1.05 bits per heavy atom. The molecule has 41 heavy (non-hydrogen) atoms. The van der Waals surface area contributed by atoms with Crippen LogP contribution in [0.25, 0.3) is 0 Å². The molecule has 9 nitrogen and oxygen atoms in total. The van der Waals surface area contributed by atoms with Crippen molar-refractivity contribution in [3.63, 3.8) is 0 Å². The predicted octanol–water partition coefficient (Wildman–Crippen LogP) is 6.13. The Hall–Kier alpha value is -1.68. The van der Waals surface area contributed by atoms with Gasteiger partial charge in [-0.05, 0) is 92.4 Å². The van der Waals surface area contributed by atoms with Gasteiger partial charge in [-0.15, -0.1) is 0 Å². The highest BCUT2D eigenvalue weighted by atomic mass is 16.6. The van der Waals surface area contributed by atoms with Gasteiger partial charge in [-0.25, -0.2) is 9.48 Å². The summed E-state index contributed by atoms with van der Waals surface area (Å²) in [6.45, 7) is 16.6. The zero-order chi connectivity index (χ0) is 29.5. The van der Waals surface area contributed by atoms with Crippen LogP contribution < -0.4 is 0 Å². The molecule has 0 bridgehead atoms. The Balaban J connectivity index is 1.42. The molecule has 3 aliphatic rings. The summed E-state index contributed by atoms with van der Waals surface area (Å²) >= 11 is 0. The Morgan fingerprint density at radius 3 is 2.27 bits per heavy atom. The average Bonchev–Trinajstić information content (AvgIpc) is 3.38. The lowest BCUT2D eigenvalue weighted by Gasteiger charge is -2.40. The second-order valence-electron chi connectivity index (χ2n) is 13.5. The highest BCUT2D eigenvalue weighted by molar-refractivity contribution is 5.68. The molecule has 9 heteroatoms. The average molecular weight is 577 g/mol.